The third-order valence-corrected chi connectivity index (χ3v) is 6.14. The number of hydrogen-bond donors (Lipinski definition) is 0. The van der Waals surface area contributed by atoms with Crippen LogP contribution < -0.4 is 5.56 Å². The summed E-state index contributed by atoms with van der Waals surface area (Å²) in [7, 11) is 0. The van der Waals surface area contributed by atoms with Crippen LogP contribution in [0.2, 0.25) is 0 Å². The maximum Gasteiger partial charge on any atom is 0.267 e. The molecule has 1 fully saturated rings. The van der Waals surface area contributed by atoms with Crippen molar-refractivity contribution in [1.82, 2.24) is 14.5 Å². The van der Waals surface area contributed by atoms with Crippen LogP contribution in [0.3, 0.4) is 0 Å². The van der Waals surface area contributed by atoms with Gasteiger partial charge in [-0.3, -0.25) is 9.59 Å². The largest absolute Gasteiger partial charge is 0.298 e. The Morgan fingerprint density at radius 2 is 1.96 bits per heavy atom. The summed E-state index contributed by atoms with van der Waals surface area (Å²) in [6, 6.07) is 11.1. The normalized spacial score (nSPS) is 17.8. The highest BCUT2D eigenvalue weighted by molar-refractivity contribution is 8.00. The number of aromatic nitrogens is 3. The number of pyridine rings is 1. The zero-order valence-corrected chi connectivity index (χ0v) is 16.0. The minimum Gasteiger partial charge on any atom is -0.298 e. The first-order chi connectivity index (χ1) is 13.1. The van der Waals surface area contributed by atoms with E-state index in [2.05, 4.69) is 4.98 Å². The van der Waals surface area contributed by atoms with Crippen LogP contribution >= 0.6 is 11.8 Å². The van der Waals surface area contributed by atoms with Crippen LogP contribution in [0.5, 0.6) is 0 Å². The molecule has 2 aromatic heterocycles. The number of benzene rings is 1. The van der Waals surface area contributed by atoms with E-state index in [0.717, 1.165) is 31.2 Å². The Morgan fingerprint density at radius 1 is 1.11 bits per heavy atom. The van der Waals surface area contributed by atoms with Crippen LogP contribution in [-0.2, 0) is 4.79 Å². The van der Waals surface area contributed by atoms with Crippen molar-refractivity contribution in [3.8, 4) is 5.82 Å². The van der Waals surface area contributed by atoms with Gasteiger partial charge in [0.25, 0.3) is 5.56 Å². The fraction of sp³-hybridized carbons (Fsp3) is 0.333. The van der Waals surface area contributed by atoms with Crippen LogP contribution in [-0.4, -0.2) is 25.6 Å². The van der Waals surface area contributed by atoms with Gasteiger partial charge in [0.15, 0.2) is 5.16 Å². The van der Waals surface area contributed by atoms with Crippen molar-refractivity contribution in [3.05, 3.63) is 58.5 Å². The maximum atomic E-state index is 13.2. The average Bonchev–Trinajstić information content (AvgIpc) is 2.86. The molecule has 6 heteroatoms. The molecule has 2 heterocycles. The predicted octanol–water partition coefficient (Wildman–Crippen LogP) is 4.08. The quantitative estimate of drug-likeness (QED) is 0.507. The zero-order valence-electron chi connectivity index (χ0n) is 15.2. The summed E-state index contributed by atoms with van der Waals surface area (Å²) < 4.78 is 1.55. The van der Waals surface area contributed by atoms with E-state index < -0.39 is 0 Å². The SMILES string of the molecule is Cc1ccnc(-n2c(S[C@@H]3CCCCCC3=O)nc3ccccc3c2=O)c1. The Hall–Kier alpha value is -2.47. The molecule has 27 heavy (non-hydrogen) atoms. The molecule has 1 aromatic carbocycles. The van der Waals surface area contributed by atoms with E-state index in [4.69, 9.17) is 4.98 Å². The number of carbonyl (C=O) groups is 1. The van der Waals surface area contributed by atoms with Crippen LogP contribution in [0.1, 0.15) is 37.7 Å². The highest BCUT2D eigenvalue weighted by Gasteiger charge is 2.25. The van der Waals surface area contributed by atoms with Gasteiger partial charge in [0.05, 0.1) is 16.2 Å². The summed E-state index contributed by atoms with van der Waals surface area (Å²) in [6.45, 7) is 1.96. The van der Waals surface area contributed by atoms with Crippen LogP contribution in [0.25, 0.3) is 16.7 Å². The highest BCUT2D eigenvalue weighted by Crippen LogP contribution is 2.31. The Bertz CT molecular complexity index is 1060. The van der Waals surface area contributed by atoms with Crippen molar-refractivity contribution in [1.29, 1.82) is 0 Å². The fourth-order valence-corrected chi connectivity index (χ4v) is 4.64. The first-order valence-corrected chi connectivity index (χ1v) is 10.2. The fourth-order valence-electron chi connectivity index (χ4n) is 3.42. The second-order valence-corrected chi connectivity index (χ2v) is 8.09. The van der Waals surface area contributed by atoms with Crippen molar-refractivity contribution < 1.29 is 4.79 Å². The molecule has 0 radical (unpaired) electrons. The molecule has 0 spiro atoms. The van der Waals surface area contributed by atoms with Crippen molar-refractivity contribution in [3.63, 3.8) is 0 Å². The van der Waals surface area contributed by atoms with Crippen molar-refractivity contribution in [2.45, 2.75) is 49.4 Å². The second kappa shape index (κ2) is 7.64. The Kier molecular flexibility index (Phi) is 5.07. The highest BCUT2D eigenvalue weighted by atomic mass is 32.2. The maximum absolute atomic E-state index is 13.2. The minimum absolute atomic E-state index is 0.151. The van der Waals surface area contributed by atoms with Crippen molar-refractivity contribution >= 4 is 28.4 Å². The summed E-state index contributed by atoms with van der Waals surface area (Å²) in [5.41, 5.74) is 1.51. The van der Waals surface area contributed by atoms with Gasteiger partial charge < -0.3 is 0 Å². The number of para-hydroxylation sites is 1. The Labute approximate surface area is 161 Å². The van der Waals surface area contributed by atoms with E-state index in [1.54, 1.807) is 16.8 Å². The molecule has 0 bridgehead atoms. The van der Waals surface area contributed by atoms with E-state index in [-0.39, 0.29) is 16.6 Å². The lowest BCUT2D eigenvalue weighted by atomic mass is 10.2. The van der Waals surface area contributed by atoms with E-state index in [1.807, 2.05) is 37.3 Å². The van der Waals surface area contributed by atoms with Gasteiger partial charge in [0.1, 0.15) is 11.6 Å². The number of nitrogens with zero attached hydrogens (tertiary/aromatic N) is 3. The van der Waals surface area contributed by atoms with E-state index in [9.17, 15) is 9.59 Å². The minimum atomic E-state index is -0.156. The van der Waals surface area contributed by atoms with Gasteiger partial charge in [-0.2, -0.15) is 0 Å². The molecule has 5 nitrogen and oxygen atoms in total. The number of hydrogen-bond acceptors (Lipinski definition) is 5. The first kappa shape index (κ1) is 17.9. The van der Waals surface area contributed by atoms with Crippen molar-refractivity contribution in [2.75, 3.05) is 0 Å². The molecule has 1 aliphatic rings. The van der Waals surface area contributed by atoms with E-state index in [0.29, 0.717) is 28.3 Å². The van der Waals surface area contributed by atoms with E-state index >= 15 is 0 Å². The molecule has 1 aliphatic carbocycles. The standard InChI is InChI=1S/C21H21N3O2S/c1-14-11-12-22-19(13-14)24-20(26)15-7-5-6-8-16(15)23-21(24)27-18-10-4-2-3-9-17(18)25/h5-8,11-13,18H,2-4,9-10H2,1H3/t18-/m1/s1. The number of thioether (sulfide) groups is 1. The van der Waals surface area contributed by atoms with Gasteiger partial charge in [0, 0.05) is 12.6 Å². The summed E-state index contributed by atoms with van der Waals surface area (Å²) in [5, 5.41) is 0.936. The number of aryl methyl sites for hydroxylation is 1. The van der Waals surface area contributed by atoms with Crippen molar-refractivity contribution in [2.24, 2.45) is 0 Å². The monoisotopic (exact) mass is 379 g/mol. The molecule has 0 unspecified atom stereocenters. The third-order valence-electron chi connectivity index (χ3n) is 4.87. The van der Waals surface area contributed by atoms with Crippen LogP contribution in [0, 0.1) is 6.92 Å². The second-order valence-electron chi connectivity index (χ2n) is 6.92. The topological polar surface area (TPSA) is 64.8 Å². The lowest BCUT2D eigenvalue weighted by Gasteiger charge is -2.17. The van der Waals surface area contributed by atoms with Crippen LogP contribution in [0.15, 0.2) is 52.5 Å². The van der Waals surface area contributed by atoms with Gasteiger partial charge >= 0.3 is 0 Å². The Morgan fingerprint density at radius 3 is 2.81 bits per heavy atom. The van der Waals surface area contributed by atoms with Gasteiger partial charge in [-0.05, 0) is 49.6 Å². The molecule has 1 saturated carbocycles. The number of fused-ring (bicyclic) bond motifs is 1. The first-order valence-electron chi connectivity index (χ1n) is 9.28. The molecule has 4 rings (SSSR count). The van der Waals surface area contributed by atoms with Crippen LogP contribution in [0.4, 0.5) is 0 Å². The molecular formula is C21H21N3O2S. The van der Waals surface area contributed by atoms with E-state index in [1.165, 1.54) is 11.8 Å². The number of carbonyl (C=O) groups excluding carboxylic acids is 1. The van der Waals surface area contributed by atoms with Gasteiger partial charge in [0.2, 0.25) is 0 Å². The zero-order chi connectivity index (χ0) is 18.8. The molecule has 0 aliphatic heterocycles. The van der Waals surface area contributed by atoms with Gasteiger partial charge in [-0.15, -0.1) is 0 Å². The van der Waals surface area contributed by atoms with Gasteiger partial charge in [-0.25, -0.2) is 14.5 Å². The molecule has 3 aromatic rings. The predicted molar refractivity (Wildman–Crippen MR) is 108 cm³/mol. The average molecular weight is 379 g/mol. The summed E-state index contributed by atoms with van der Waals surface area (Å²) in [6.07, 6.45) is 6.19. The third kappa shape index (κ3) is 3.67. The lowest BCUT2D eigenvalue weighted by Crippen LogP contribution is -2.25. The lowest BCUT2D eigenvalue weighted by molar-refractivity contribution is -0.118. The molecular weight excluding hydrogens is 358 g/mol. The molecule has 1 atom stereocenters. The summed E-state index contributed by atoms with van der Waals surface area (Å²) >= 11 is 1.40. The molecule has 0 N–H and O–H groups in total. The number of ketones is 1. The molecule has 0 saturated heterocycles. The van der Waals surface area contributed by atoms with Gasteiger partial charge in [-0.1, -0.05) is 36.7 Å². The summed E-state index contributed by atoms with van der Waals surface area (Å²) in [5.74, 6) is 0.797. The Balaban J connectivity index is 1.88. The smallest absolute Gasteiger partial charge is 0.267 e. The number of Topliss-reactive ketones (excluding diaryl/α,β-unsaturated/α-hetero) is 1. The molecule has 138 valence electrons. The number of rotatable bonds is 3. The summed E-state index contributed by atoms with van der Waals surface area (Å²) in [4.78, 5) is 34.9. The molecule has 0 amide bonds.